The fourth-order valence-electron chi connectivity index (χ4n) is 8.64. The number of hydrogen-bond donors (Lipinski definition) is 0. The Labute approximate surface area is 261 Å². The standard InChI is InChI=1S/C43H38O/c1-24-27-17-13-18-28-32-20-26(41(2,3)4)21-33-31-22-30(25-14-9-8-10-15-25)34(42(5,6)7)23-35(31)43(39(32)33)40(38(27)28)37(24)29-16-11-12-19-36(29)44-43/h8-24H,1-7H3. The van der Waals surface area contributed by atoms with Gasteiger partial charge < -0.3 is 4.74 Å². The molecule has 3 aliphatic carbocycles. The topological polar surface area (TPSA) is 9.23 Å². The molecule has 0 saturated heterocycles. The SMILES string of the molecule is CC1C2=C3c4c(cccc41)-c1cc(C(C)(C)C)cc4c1C3(Oc1ccccc12)c1cc(C(C)(C)C)c(-c2ccccc2)cc1-4. The molecule has 0 aromatic heterocycles. The van der Waals surface area contributed by atoms with Gasteiger partial charge in [0.25, 0.3) is 0 Å². The van der Waals surface area contributed by atoms with Gasteiger partial charge in [-0.25, -0.2) is 0 Å². The van der Waals surface area contributed by atoms with Gasteiger partial charge in [0.05, 0.1) is 0 Å². The molecular weight excluding hydrogens is 532 g/mol. The first-order chi connectivity index (χ1) is 21.0. The van der Waals surface area contributed by atoms with E-state index < -0.39 is 5.60 Å². The lowest BCUT2D eigenvalue weighted by Crippen LogP contribution is -2.39. The van der Waals surface area contributed by atoms with Gasteiger partial charge in [-0.15, -0.1) is 0 Å². The molecule has 4 aliphatic rings. The lowest BCUT2D eigenvalue weighted by Gasteiger charge is -2.44. The van der Waals surface area contributed by atoms with Crippen LogP contribution in [0.4, 0.5) is 0 Å². The van der Waals surface area contributed by atoms with Crippen LogP contribution in [0.5, 0.6) is 5.75 Å². The first-order valence-corrected chi connectivity index (χ1v) is 16.1. The van der Waals surface area contributed by atoms with Gasteiger partial charge in [0, 0.05) is 28.2 Å². The quantitative estimate of drug-likeness (QED) is 0.195. The van der Waals surface area contributed by atoms with E-state index in [-0.39, 0.29) is 16.7 Å². The van der Waals surface area contributed by atoms with Crippen molar-refractivity contribution < 1.29 is 4.74 Å². The predicted molar refractivity (Wildman–Crippen MR) is 183 cm³/mol. The van der Waals surface area contributed by atoms with Crippen LogP contribution < -0.4 is 4.74 Å². The van der Waals surface area contributed by atoms with Crippen molar-refractivity contribution in [1.29, 1.82) is 0 Å². The fourth-order valence-corrected chi connectivity index (χ4v) is 8.64. The van der Waals surface area contributed by atoms with Gasteiger partial charge in [0.1, 0.15) is 5.75 Å². The predicted octanol–water partition coefficient (Wildman–Crippen LogP) is 11.3. The monoisotopic (exact) mass is 570 g/mol. The highest BCUT2D eigenvalue weighted by Gasteiger charge is 2.59. The maximum absolute atomic E-state index is 7.57. The highest BCUT2D eigenvalue weighted by molar-refractivity contribution is 6.15. The van der Waals surface area contributed by atoms with Gasteiger partial charge in [0.2, 0.25) is 0 Å². The molecule has 9 rings (SSSR count). The van der Waals surface area contributed by atoms with E-state index in [0.29, 0.717) is 0 Å². The summed E-state index contributed by atoms with van der Waals surface area (Å²) in [5.41, 5.74) is 19.3. The van der Waals surface area contributed by atoms with Crippen molar-refractivity contribution in [3.63, 3.8) is 0 Å². The number of allylic oxidation sites excluding steroid dienone is 1. The summed E-state index contributed by atoms with van der Waals surface area (Å²) in [6.45, 7) is 16.4. The van der Waals surface area contributed by atoms with Crippen LogP contribution in [-0.2, 0) is 16.4 Å². The summed E-state index contributed by atoms with van der Waals surface area (Å²) in [4.78, 5) is 0. The third-order valence-corrected chi connectivity index (χ3v) is 10.7. The van der Waals surface area contributed by atoms with Gasteiger partial charge >= 0.3 is 0 Å². The van der Waals surface area contributed by atoms with Crippen molar-refractivity contribution in [2.24, 2.45) is 0 Å². The van der Waals surface area contributed by atoms with E-state index in [1.165, 1.54) is 83.5 Å². The van der Waals surface area contributed by atoms with Crippen LogP contribution in [0.1, 0.15) is 93.3 Å². The first-order valence-electron chi connectivity index (χ1n) is 16.1. The number of rotatable bonds is 1. The second-order valence-electron chi connectivity index (χ2n) is 15.3. The number of para-hydroxylation sites is 1. The Morgan fingerprint density at radius 1 is 0.614 bits per heavy atom. The molecule has 0 saturated carbocycles. The molecule has 2 unspecified atom stereocenters. The van der Waals surface area contributed by atoms with Crippen LogP contribution in [0.2, 0.25) is 0 Å². The Bertz CT molecular complexity index is 2110. The van der Waals surface area contributed by atoms with E-state index in [4.69, 9.17) is 4.74 Å². The number of ether oxygens (including phenoxy) is 1. The molecule has 0 N–H and O–H groups in total. The Kier molecular flexibility index (Phi) is 4.87. The maximum atomic E-state index is 7.57. The average Bonchev–Trinajstić information content (AvgIpc) is 3.46. The molecule has 2 atom stereocenters. The van der Waals surface area contributed by atoms with Crippen molar-refractivity contribution in [3.05, 3.63) is 136 Å². The third kappa shape index (κ3) is 3.10. The number of fused-ring (bicyclic) bond motifs is 5. The van der Waals surface area contributed by atoms with E-state index in [2.05, 4.69) is 146 Å². The minimum atomic E-state index is -0.691. The van der Waals surface area contributed by atoms with Crippen LogP contribution in [0.15, 0.2) is 97.1 Å². The van der Waals surface area contributed by atoms with E-state index in [1.807, 2.05) is 0 Å². The zero-order valence-corrected chi connectivity index (χ0v) is 26.7. The highest BCUT2D eigenvalue weighted by atomic mass is 16.5. The van der Waals surface area contributed by atoms with Gasteiger partial charge in [-0.2, -0.15) is 0 Å². The van der Waals surface area contributed by atoms with Crippen molar-refractivity contribution in [2.75, 3.05) is 0 Å². The molecule has 0 fully saturated rings. The van der Waals surface area contributed by atoms with Crippen LogP contribution in [-0.4, -0.2) is 0 Å². The Balaban J connectivity index is 1.50. The number of benzene rings is 5. The zero-order valence-electron chi connectivity index (χ0n) is 26.7. The molecule has 5 aromatic carbocycles. The summed E-state index contributed by atoms with van der Waals surface area (Å²) >= 11 is 0. The summed E-state index contributed by atoms with van der Waals surface area (Å²) in [7, 11) is 0. The Morgan fingerprint density at radius 3 is 2.02 bits per heavy atom. The molecule has 1 heterocycles. The lowest BCUT2D eigenvalue weighted by molar-refractivity contribution is 0.175. The summed E-state index contributed by atoms with van der Waals surface area (Å²) in [5.74, 6) is 1.28. The van der Waals surface area contributed by atoms with Gasteiger partial charge in [0.15, 0.2) is 5.60 Å². The second kappa shape index (κ2) is 8.21. The minimum absolute atomic E-state index is 0.00159. The molecular formula is C43H38O. The second-order valence-corrected chi connectivity index (χ2v) is 15.3. The van der Waals surface area contributed by atoms with Gasteiger partial charge in [-0.1, -0.05) is 127 Å². The summed E-state index contributed by atoms with van der Waals surface area (Å²) in [5, 5.41) is 0. The average molecular weight is 571 g/mol. The largest absolute Gasteiger partial charge is 0.472 e. The van der Waals surface area contributed by atoms with Crippen LogP contribution in [0.25, 0.3) is 44.5 Å². The maximum Gasteiger partial charge on any atom is 0.187 e. The molecule has 5 aromatic rings. The summed E-state index contributed by atoms with van der Waals surface area (Å²) < 4.78 is 7.57. The fraction of sp³-hybridized carbons (Fsp3) is 0.256. The molecule has 1 nitrogen and oxygen atoms in total. The highest BCUT2D eigenvalue weighted by Crippen LogP contribution is 2.70. The van der Waals surface area contributed by atoms with E-state index in [9.17, 15) is 0 Å². The molecule has 0 bridgehead atoms. The van der Waals surface area contributed by atoms with Gasteiger partial charge in [-0.3, -0.25) is 0 Å². The number of hydrogen-bond acceptors (Lipinski definition) is 1. The molecule has 44 heavy (non-hydrogen) atoms. The van der Waals surface area contributed by atoms with E-state index in [1.54, 1.807) is 0 Å². The summed E-state index contributed by atoms with van der Waals surface area (Å²) in [6.07, 6.45) is 0. The van der Waals surface area contributed by atoms with Crippen LogP contribution in [0.3, 0.4) is 0 Å². The molecule has 1 spiro atoms. The third-order valence-electron chi connectivity index (χ3n) is 10.7. The van der Waals surface area contributed by atoms with E-state index in [0.717, 1.165) is 5.75 Å². The Morgan fingerprint density at radius 2 is 1.30 bits per heavy atom. The minimum Gasteiger partial charge on any atom is -0.472 e. The molecule has 0 radical (unpaired) electrons. The van der Waals surface area contributed by atoms with Gasteiger partial charge in [-0.05, 0) is 90.2 Å². The van der Waals surface area contributed by atoms with Crippen LogP contribution in [0, 0.1) is 0 Å². The summed E-state index contributed by atoms with van der Waals surface area (Å²) in [6, 6.07) is 36.6. The van der Waals surface area contributed by atoms with E-state index >= 15 is 0 Å². The van der Waals surface area contributed by atoms with Crippen LogP contribution >= 0.6 is 0 Å². The molecule has 1 aliphatic heterocycles. The molecule has 0 amide bonds. The normalized spacial score (nSPS) is 20.1. The lowest BCUT2D eigenvalue weighted by atomic mass is 9.68. The van der Waals surface area contributed by atoms with Crippen molar-refractivity contribution in [2.45, 2.75) is 70.8 Å². The molecule has 216 valence electrons. The molecule has 1 heteroatoms. The van der Waals surface area contributed by atoms with Crippen molar-refractivity contribution in [1.82, 2.24) is 0 Å². The Hall–Kier alpha value is -4.36. The zero-order chi connectivity index (χ0) is 30.3. The van der Waals surface area contributed by atoms with Crippen molar-refractivity contribution in [3.8, 4) is 39.1 Å². The first kappa shape index (κ1) is 26.1. The smallest absolute Gasteiger partial charge is 0.187 e. The van der Waals surface area contributed by atoms with Crippen molar-refractivity contribution >= 4 is 11.1 Å².